The predicted molar refractivity (Wildman–Crippen MR) is 78.3 cm³/mol. The standard InChI is InChI=1S/C13H14ClNS2/c1-15-12(13-3-2-8-16-13)9-17-11-6-4-10(14)5-7-11/h2-8,12,15H,9H2,1H3. The molecule has 0 spiro atoms. The van der Waals surface area contributed by atoms with Crippen LogP contribution in [0.2, 0.25) is 5.02 Å². The zero-order valence-corrected chi connectivity index (χ0v) is 11.9. The second kappa shape index (κ2) is 6.45. The van der Waals surface area contributed by atoms with Crippen LogP contribution in [0.25, 0.3) is 0 Å². The zero-order chi connectivity index (χ0) is 12.1. The highest BCUT2D eigenvalue weighted by Gasteiger charge is 2.10. The molecule has 1 nitrogen and oxygen atoms in total. The summed E-state index contributed by atoms with van der Waals surface area (Å²) >= 11 is 9.50. The summed E-state index contributed by atoms with van der Waals surface area (Å²) in [6.45, 7) is 0. The molecule has 0 fully saturated rings. The predicted octanol–water partition coefficient (Wildman–Crippen LogP) is 4.45. The first kappa shape index (κ1) is 13.0. The molecule has 0 aliphatic carbocycles. The summed E-state index contributed by atoms with van der Waals surface area (Å²) in [4.78, 5) is 2.64. The molecule has 2 aromatic rings. The first-order valence-electron chi connectivity index (χ1n) is 5.38. The lowest BCUT2D eigenvalue weighted by atomic mass is 10.3. The van der Waals surface area contributed by atoms with Crippen molar-refractivity contribution in [3.63, 3.8) is 0 Å². The molecule has 90 valence electrons. The van der Waals surface area contributed by atoms with Crippen LogP contribution in [0.1, 0.15) is 10.9 Å². The summed E-state index contributed by atoms with van der Waals surface area (Å²) in [5.41, 5.74) is 0. The van der Waals surface area contributed by atoms with E-state index in [0.29, 0.717) is 6.04 Å². The topological polar surface area (TPSA) is 12.0 Å². The number of thiophene rings is 1. The molecular weight excluding hydrogens is 270 g/mol. The molecule has 0 aliphatic rings. The Morgan fingerprint density at radius 3 is 2.65 bits per heavy atom. The maximum Gasteiger partial charge on any atom is 0.0507 e. The van der Waals surface area contributed by atoms with Gasteiger partial charge in [0.25, 0.3) is 0 Å². The van der Waals surface area contributed by atoms with Crippen LogP contribution < -0.4 is 5.32 Å². The van der Waals surface area contributed by atoms with Gasteiger partial charge in [-0.2, -0.15) is 0 Å². The molecule has 0 saturated carbocycles. The monoisotopic (exact) mass is 283 g/mol. The van der Waals surface area contributed by atoms with Crippen molar-refractivity contribution >= 4 is 34.7 Å². The van der Waals surface area contributed by atoms with E-state index in [2.05, 4.69) is 35.0 Å². The number of rotatable bonds is 5. The summed E-state index contributed by atoms with van der Waals surface area (Å²) in [6.07, 6.45) is 0. The van der Waals surface area contributed by atoms with E-state index in [1.807, 2.05) is 30.9 Å². The van der Waals surface area contributed by atoms with Crippen LogP contribution in [0.5, 0.6) is 0 Å². The molecule has 0 radical (unpaired) electrons. The molecule has 1 aromatic heterocycles. The number of hydrogen-bond donors (Lipinski definition) is 1. The second-order valence-corrected chi connectivity index (χ2v) is 6.13. The lowest BCUT2D eigenvalue weighted by Crippen LogP contribution is -2.17. The molecule has 1 aromatic carbocycles. The van der Waals surface area contributed by atoms with Gasteiger partial charge in [-0.3, -0.25) is 0 Å². The molecular formula is C13H14ClNS2. The minimum absolute atomic E-state index is 0.413. The molecule has 17 heavy (non-hydrogen) atoms. The van der Waals surface area contributed by atoms with Gasteiger partial charge in [-0.15, -0.1) is 23.1 Å². The van der Waals surface area contributed by atoms with Crippen molar-refractivity contribution in [3.8, 4) is 0 Å². The van der Waals surface area contributed by atoms with E-state index in [4.69, 9.17) is 11.6 Å². The van der Waals surface area contributed by atoms with Gasteiger partial charge in [0, 0.05) is 20.5 Å². The molecule has 1 atom stereocenters. The smallest absolute Gasteiger partial charge is 0.0507 e. The first-order valence-corrected chi connectivity index (χ1v) is 7.63. The van der Waals surface area contributed by atoms with Crippen molar-refractivity contribution in [2.45, 2.75) is 10.9 Å². The maximum atomic E-state index is 5.86. The Hall–Kier alpha value is -0.480. The summed E-state index contributed by atoms with van der Waals surface area (Å²) in [6, 6.07) is 12.7. The van der Waals surface area contributed by atoms with Gasteiger partial charge < -0.3 is 5.32 Å². The van der Waals surface area contributed by atoms with Gasteiger partial charge in [-0.05, 0) is 42.8 Å². The Morgan fingerprint density at radius 2 is 2.06 bits per heavy atom. The Morgan fingerprint density at radius 1 is 1.29 bits per heavy atom. The van der Waals surface area contributed by atoms with Gasteiger partial charge in [0.1, 0.15) is 0 Å². The van der Waals surface area contributed by atoms with E-state index in [9.17, 15) is 0 Å². The third-order valence-electron chi connectivity index (χ3n) is 2.47. The van der Waals surface area contributed by atoms with Crippen molar-refractivity contribution in [1.82, 2.24) is 5.32 Å². The number of thioether (sulfide) groups is 1. The number of halogens is 1. The van der Waals surface area contributed by atoms with Crippen molar-refractivity contribution in [2.24, 2.45) is 0 Å². The Bertz CT molecular complexity index is 439. The molecule has 1 N–H and O–H groups in total. The Labute approximate surface area is 115 Å². The van der Waals surface area contributed by atoms with Crippen LogP contribution in [0.15, 0.2) is 46.7 Å². The van der Waals surface area contributed by atoms with E-state index in [1.54, 1.807) is 11.3 Å². The first-order chi connectivity index (χ1) is 8.29. The lowest BCUT2D eigenvalue weighted by Gasteiger charge is -2.13. The molecule has 1 unspecified atom stereocenters. The highest BCUT2D eigenvalue weighted by Crippen LogP contribution is 2.27. The highest BCUT2D eigenvalue weighted by molar-refractivity contribution is 7.99. The highest BCUT2D eigenvalue weighted by atomic mass is 35.5. The minimum atomic E-state index is 0.413. The van der Waals surface area contributed by atoms with Crippen LogP contribution >= 0.6 is 34.7 Å². The number of benzene rings is 1. The van der Waals surface area contributed by atoms with Gasteiger partial charge in [0.2, 0.25) is 0 Å². The largest absolute Gasteiger partial charge is 0.312 e. The molecule has 2 rings (SSSR count). The SMILES string of the molecule is CNC(CSc1ccc(Cl)cc1)c1cccs1. The fourth-order valence-electron chi connectivity index (χ4n) is 1.51. The molecule has 1 heterocycles. The lowest BCUT2D eigenvalue weighted by molar-refractivity contribution is 0.673. The van der Waals surface area contributed by atoms with Gasteiger partial charge in [-0.25, -0.2) is 0 Å². The van der Waals surface area contributed by atoms with Crippen LogP contribution in [0.3, 0.4) is 0 Å². The van der Waals surface area contributed by atoms with Crippen LogP contribution in [-0.2, 0) is 0 Å². The second-order valence-electron chi connectivity index (χ2n) is 3.62. The fourth-order valence-corrected chi connectivity index (χ4v) is 3.61. The summed E-state index contributed by atoms with van der Waals surface area (Å²) in [5, 5.41) is 6.26. The van der Waals surface area contributed by atoms with E-state index >= 15 is 0 Å². The molecule has 0 amide bonds. The van der Waals surface area contributed by atoms with Crippen molar-refractivity contribution < 1.29 is 0 Å². The van der Waals surface area contributed by atoms with Gasteiger partial charge in [0.15, 0.2) is 0 Å². The van der Waals surface area contributed by atoms with Crippen LogP contribution in [-0.4, -0.2) is 12.8 Å². The van der Waals surface area contributed by atoms with E-state index < -0.39 is 0 Å². The van der Waals surface area contributed by atoms with Gasteiger partial charge in [0.05, 0.1) is 6.04 Å². The fraction of sp³-hybridized carbons (Fsp3) is 0.231. The number of nitrogens with one attached hydrogen (secondary N) is 1. The maximum absolute atomic E-state index is 5.86. The zero-order valence-electron chi connectivity index (χ0n) is 9.52. The molecule has 0 bridgehead atoms. The Kier molecular flexibility index (Phi) is 4.92. The molecule has 0 aliphatic heterocycles. The van der Waals surface area contributed by atoms with Gasteiger partial charge in [-0.1, -0.05) is 17.7 Å². The van der Waals surface area contributed by atoms with Crippen molar-refractivity contribution in [3.05, 3.63) is 51.7 Å². The third-order valence-corrected chi connectivity index (χ3v) is 4.81. The normalized spacial score (nSPS) is 12.6. The van der Waals surface area contributed by atoms with Crippen LogP contribution in [0, 0.1) is 0 Å². The molecule has 4 heteroatoms. The average Bonchev–Trinajstić information content (AvgIpc) is 2.86. The Balaban J connectivity index is 1.94. The summed E-state index contributed by atoms with van der Waals surface area (Å²) < 4.78 is 0. The molecule has 0 saturated heterocycles. The number of hydrogen-bond acceptors (Lipinski definition) is 3. The van der Waals surface area contributed by atoms with Crippen LogP contribution in [0.4, 0.5) is 0 Å². The van der Waals surface area contributed by atoms with Gasteiger partial charge >= 0.3 is 0 Å². The van der Waals surface area contributed by atoms with E-state index in [-0.39, 0.29) is 0 Å². The van der Waals surface area contributed by atoms with E-state index in [1.165, 1.54) is 9.77 Å². The van der Waals surface area contributed by atoms with E-state index in [0.717, 1.165) is 10.8 Å². The van der Waals surface area contributed by atoms with Crippen molar-refractivity contribution in [2.75, 3.05) is 12.8 Å². The third kappa shape index (κ3) is 3.75. The van der Waals surface area contributed by atoms with Crippen molar-refractivity contribution in [1.29, 1.82) is 0 Å². The average molecular weight is 284 g/mol. The summed E-state index contributed by atoms with van der Waals surface area (Å²) in [5.74, 6) is 1.03. The minimum Gasteiger partial charge on any atom is -0.312 e. The summed E-state index contributed by atoms with van der Waals surface area (Å²) in [7, 11) is 2.01. The quantitative estimate of drug-likeness (QED) is 0.814.